The Balaban J connectivity index is 1.70. The summed E-state index contributed by atoms with van der Waals surface area (Å²) in [6.07, 6.45) is -0.415. The van der Waals surface area contributed by atoms with Gasteiger partial charge in [0.25, 0.3) is 5.91 Å². The quantitative estimate of drug-likeness (QED) is 0.808. The topological polar surface area (TPSA) is 29.5 Å². The highest BCUT2D eigenvalue weighted by molar-refractivity contribution is 7.99. The van der Waals surface area contributed by atoms with E-state index < -0.39 is 6.10 Å². The van der Waals surface area contributed by atoms with Crippen molar-refractivity contribution in [3.05, 3.63) is 54.6 Å². The van der Waals surface area contributed by atoms with Gasteiger partial charge in [0.05, 0.1) is 5.69 Å². The molecule has 1 aliphatic rings. The monoisotopic (exact) mass is 299 g/mol. The molecule has 108 valence electrons. The number of carbonyl (C=O) groups excluding carboxylic acids is 1. The highest BCUT2D eigenvalue weighted by Gasteiger charge is 2.30. The summed E-state index contributed by atoms with van der Waals surface area (Å²) in [5.41, 5.74) is 0.870. The second kappa shape index (κ2) is 6.22. The molecule has 4 heteroatoms. The van der Waals surface area contributed by atoms with Gasteiger partial charge < -0.3 is 9.64 Å². The molecule has 3 rings (SSSR count). The first kappa shape index (κ1) is 14.0. The van der Waals surface area contributed by atoms with Gasteiger partial charge in [0.15, 0.2) is 6.10 Å². The largest absolute Gasteiger partial charge is 0.479 e. The van der Waals surface area contributed by atoms with Gasteiger partial charge in [-0.05, 0) is 31.2 Å². The lowest BCUT2D eigenvalue weighted by molar-refractivity contribution is -0.125. The van der Waals surface area contributed by atoms with Crippen LogP contribution in [0.15, 0.2) is 59.5 Å². The Labute approximate surface area is 128 Å². The molecule has 1 unspecified atom stereocenters. The first-order valence-electron chi connectivity index (χ1n) is 7.00. The van der Waals surface area contributed by atoms with Gasteiger partial charge in [-0.15, -0.1) is 11.8 Å². The van der Waals surface area contributed by atoms with Crippen LogP contribution < -0.4 is 9.64 Å². The Morgan fingerprint density at radius 1 is 1.10 bits per heavy atom. The molecule has 1 amide bonds. The van der Waals surface area contributed by atoms with E-state index in [9.17, 15) is 4.79 Å². The lowest BCUT2D eigenvalue weighted by atomic mass is 10.2. The van der Waals surface area contributed by atoms with Crippen molar-refractivity contribution in [2.24, 2.45) is 0 Å². The van der Waals surface area contributed by atoms with Crippen LogP contribution in [0.5, 0.6) is 5.75 Å². The molecule has 3 nitrogen and oxygen atoms in total. The number of anilines is 1. The summed E-state index contributed by atoms with van der Waals surface area (Å²) in [5, 5.41) is 0. The zero-order valence-corrected chi connectivity index (χ0v) is 12.7. The number of hydrogen-bond acceptors (Lipinski definition) is 3. The van der Waals surface area contributed by atoms with E-state index in [0.717, 1.165) is 17.2 Å². The summed E-state index contributed by atoms with van der Waals surface area (Å²) in [7, 11) is 0. The standard InChI is InChI=1S/C17H17NO2S/c1-13-17(19)18(15-9-5-6-10-16(15)20-13)11-12-21-14-7-3-2-4-8-14/h2-10,13H,11-12H2,1H3. The van der Waals surface area contributed by atoms with Gasteiger partial charge >= 0.3 is 0 Å². The number of amides is 1. The number of rotatable bonds is 4. The fourth-order valence-electron chi connectivity index (χ4n) is 2.36. The molecule has 1 atom stereocenters. The zero-order valence-electron chi connectivity index (χ0n) is 11.9. The smallest absolute Gasteiger partial charge is 0.267 e. The molecule has 0 saturated heterocycles. The third-order valence-corrected chi connectivity index (χ3v) is 4.39. The molecule has 0 radical (unpaired) electrons. The maximum Gasteiger partial charge on any atom is 0.267 e. The molecule has 2 aromatic rings. The second-order valence-electron chi connectivity index (χ2n) is 4.88. The third-order valence-electron chi connectivity index (χ3n) is 3.40. The predicted molar refractivity (Wildman–Crippen MR) is 86.1 cm³/mol. The van der Waals surface area contributed by atoms with Crippen LogP contribution in [0, 0.1) is 0 Å². The molecule has 0 bridgehead atoms. The molecule has 1 heterocycles. The van der Waals surface area contributed by atoms with Gasteiger partial charge in [-0.1, -0.05) is 30.3 Å². The van der Waals surface area contributed by atoms with Crippen LogP contribution in [-0.4, -0.2) is 24.3 Å². The Morgan fingerprint density at radius 2 is 1.81 bits per heavy atom. The lowest BCUT2D eigenvalue weighted by Gasteiger charge is -2.32. The van der Waals surface area contributed by atoms with E-state index in [2.05, 4.69) is 12.1 Å². The van der Waals surface area contributed by atoms with E-state index in [-0.39, 0.29) is 5.91 Å². The van der Waals surface area contributed by atoms with Crippen molar-refractivity contribution in [2.45, 2.75) is 17.9 Å². The number of benzene rings is 2. The SMILES string of the molecule is CC1Oc2ccccc2N(CCSc2ccccc2)C1=O. The molecule has 0 fully saturated rings. The normalized spacial score (nSPS) is 17.3. The first-order valence-corrected chi connectivity index (χ1v) is 7.99. The average molecular weight is 299 g/mol. The Kier molecular flexibility index (Phi) is 4.15. The number of thioether (sulfide) groups is 1. The average Bonchev–Trinajstić information content (AvgIpc) is 2.52. The Hall–Kier alpha value is -1.94. The second-order valence-corrected chi connectivity index (χ2v) is 6.05. The van der Waals surface area contributed by atoms with E-state index in [0.29, 0.717) is 6.54 Å². The van der Waals surface area contributed by atoms with Crippen LogP contribution in [0.4, 0.5) is 5.69 Å². The van der Waals surface area contributed by atoms with Crippen LogP contribution in [0.1, 0.15) is 6.92 Å². The van der Waals surface area contributed by atoms with Crippen LogP contribution in [0.2, 0.25) is 0 Å². The first-order chi connectivity index (χ1) is 10.3. The van der Waals surface area contributed by atoms with E-state index in [1.807, 2.05) is 47.4 Å². The number of hydrogen-bond donors (Lipinski definition) is 0. The Bertz CT molecular complexity index is 630. The van der Waals surface area contributed by atoms with Gasteiger partial charge in [-0.25, -0.2) is 0 Å². The number of fused-ring (bicyclic) bond motifs is 1. The highest BCUT2D eigenvalue weighted by Crippen LogP contribution is 2.33. The lowest BCUT2D eigenvalue weighted by Crippen LogP contribution is -2.45. The number of ether oxygens (including phenoxy) is 1. The Morgan fingerprint density at radius 3 is 2.62 bits per heavy atom. The molecule has 21 heavy (non-hydrogen) atoms. The summed E-state index contributed by atoms with van der Waals surface area (Å²) in [6, 6.07) is 17.9. The number of para-hydroxylation sites is 2. The van der Waals surface area contributed by atoms with Crippen LogP contribution in [0.3, 0.4) is 0 Å². The maximum absolute atomic E-state index is 12.3. The fraction of sp³-hybridized carbons (Fsp3) is 0.235. The minimum atomic E-state index is -0.415. The van der Waals surface area contributed by atoms with Crippen LogP contribution in [-0.2, 0) is 4.79 Å². The third kappa shape index (κ3) is 3.05. The van der Waals surface area contributed by atoms with Crippen molar-refractivity contribution in [3.8, 4) is 5.75 Å². The van der Waals surface area contributed by atoms with Gasteiger partial charge in [0.2, 0.25) is 0 Å². The molecule has 0 aromatic heterocycles. The molecule has 0 aliphatic carbocycles. The summed E-state index contributed by atoms with van der Waals surface area (Å²) in [4.78, 5) is 15.4. The molecular formula is C17H17NO2S. The van der Waals surface area contributed by atoms with Crippen molar-refractivity contribution >= 4 is 23.4 Å². The molecule has 0 saturated carbocycles. The molecule has 2 aromatic carbocycles. The van der Waals surface area contributed by atoms with E-state index >= 15 is 0 Å². The maximum atomic E-state index is 12.3. The van der Waals surface area contributed by atoms with Crippen molar-refractivity contribution in [2.75, 3.05) is 17.2 Å². The van der Waals surface area contributed by atoms with Crippen LogP contribution >= 0.6 is 11.8 Å². The van der Waals surface area contributed by atoms with Gasteiger partial charge in [-0.3, -0.25) is 4.79 Å². The molecular weight excluding hydrogens is 282 g/mol. The number of carbonyl (C=O) groups is 1. The molecule has 0 spiro atoms. The van der Waals surface area contributed by atoms with Crippen molar-refractivity contribution in [1.82, 2.24) is 0 Å². The highest BCUT2D eigenvalue weighted by atomic mass is 32.2. The van der Waals surface area contributed by atoms with Crippen LogP contribution in [0.25, 0.3) is 0 Å². The zero-order chi connectivity index (χ0) is 14.7. The van der Waals surface area contributed by atoms with Gasteiger partial charge in [0.1, 0.15) is 5.75 Å². The van der Waals surface area contributed by atoms with Crippen molar-refractivity contribution in [3.63, 3.8) is 0 Å². The molecule has 0 N–H and O–H groups in total. The summed E-state index contributed by atoms with van der Waals surface area (Å²) >= 11 is 1.76. The van der Waals surface area contributed by atoms with E-state index in [4.69, 9.17) is 4.74 Å². The van der Waals surface area contributed by atoms with Gasteiger partial charge in [-0.2, -0.15) is 0 Å². The van der Waals surface area contributed by atoms with Gasteiger partial charge in [0, 0.05) is 17.2 Å². The summed E-state index contributed by atoms with van der Waals surface area (Å²) in [5.74, 6) is 1.67. The number of nitrogens with zero attached hydrogens (tertiary/aromatic N) is 1. The molecule has 1 aliphatic heterocycles. The van der Waals surface area contributed by atoms with E-state index in [1.54, 1.807) is 18.7 Å². The van der Waals surface area contributed by atoms with Crippen molar-refractivity contribution in [1.29, 1.82) is 0 Å². The van der Waals surface area contributed by atoms with Crippen molar-refractivity contribution < 1.29 is 9.53 Å². The summed E-state index contributed by atoms with van der Waals surface area (Å²) in [6.45, 7) is 2.48. The van der Waals surface area contributed by atoms with E-state index in [1.165, 1.54) is 4.90 Å². The predicted octanol–water partition coefficient (Wildman–Crippen LogP) is 3.59. The fourth-order valence-corrected chi connectivity index (χ4v) is 3.22. The summed E-state index contributed by atoms with van der Waals surface area (Å²) < 4.78 is 5.64. The minimum absolute atomic E-state index is 0.0300. The minimum Gasteiger partial charge on any atom is -0.479 e.